The van der Waals surface area contributed by atoms with Gasteiger partial charge in [0.05, 0.1) is 5.54 Å². The summed E-state index contributed by atoms with van der Waals surface area (Å²) >= 11 is 4.86. The quantitative estimate of drug-likeness (QED) is 0.344. The molecule has 6 nitrogen and oxygen atoms in total. The van der Waals surface area contributed by atoms with E-state index in [1.165, 1.54) is 0 Å². The Balaban J connectivity index is 4.37. The van der Waals surface area contributed by atoms with Gasteiger partial charge in [0.1, 0.15) is 0 Å². The highest BCUT2D eigenvalue weighted by atomic mass is 35.5. The van der Waals surface area contributed by atoms with E-state index in [2.05, 4.69) is 4.52 Å². The van der Waals surface area contributed by atoms with E-state index >= 15 is 0 Å². The number of rotatable bonds is 3. The maximum Gasteiger partial charge on any atom is 0.525 e. The highest BCUT2D eigenvalue weighted by molar-refractivity contribution is 7.46. The van der Waals surface area contributed by atoms with Crippen LogP contribution >= 0.6 is 19.4 Å². The van der Waals surface area contributed by atoms with E-state index < -0.39 is 19.6 Å². The van der Waals surface area contributed by atoms with Gasteiger partial charge in [-0.1, -0.05) is 11.6 Å². The summed E-state index contributed by atoms with van der Waals surface area (Å²) in [5, 5.41) is 8.12. The Hall–Kier alpha value is -0.550. The Bertz CT molecular complexity index is 228. The number of aliphatic carboxylic acids is 1. The summed E-state index contributed by atoms with van der Waals surface area (Å²) in [5.74, 6) is -2.65. The summed E-state index contributed by atoms with van der Waals surface area (Å²) in [5.41, 5.74) is 0.418. The zero-order valence-corrected chi connectivity index (χ0v) is 6.62. The minimum absolute atomic E-state index is 0.418. The van der Waals surface area contributed by atoms with Gasteiger partial charge in [0.15, 0.2) is 0 Å². The van der Waals surface area contributed by atoms with E-state index in [0.29, 0.717) is 5.54 Å². The first-order valence-corrected chi connectivity index (χ1v) is 4.12. The molecular weight excluding hydrogens is 198 g/mol. The van der Waals surface area contributed by atoms with Crippen molar-refractivity contribution in [3.63, 3.8) is 0 Å². The molecular formula is C3H4ClO6P. The van der Waals surface area contributed by atoms with Gasteiger partial charge >= 0.3 is 13.8 Å². The second kappa shape index (κ2) is 3.73. The molecule has 0 rings (SSSR count). The Kier molecular flexibility index (Phi) is 3.54. The monoisotopic (exact) mass is 202 g/mol. The van der Waals surface area contributed by atoms with Crippen LogP contribution in [0.25, 0.3) is 0 Å². The molecule has 0 saturated heterocycles. The number of halogens is 1. The van der Waals surface area contributed by atoms with Gasteiger partial charge in [-0.2, -0.15) is 0 Å². The van der Waals surface area contributed by atoms with Crippen LogP contribution in [0.15, 0.2) is 11.3 Å². The number of carboxylic acid groups (broad SMARTS) is 1. The molecule has 0 aliphatic heterocycles. The van der Waals surface area contributed by atoms with Gasteiger partial charge in [-0.3, -0.25) is 9.79 Å². The second-order valence-corrected chi connectivity index (χ2v) is 2.74. The van der Waals surface area contributed by atoms with Crippen molar-refractivity contribution in [1.29, 1.82) is 0 Å². The lowest BCUT2D eigenvalue weighted by atomic mass is 10.6. The molecule has 0 unspecified atom stereocenters. The summed E-state index contributed by atoms with van der Waals surface area (Å²) < 4.78 is 13.7. The molecule has 0 radical (unpaired) electrons. The zero-order valence-electron chi connectivity index (χ0n) is 4.97. The molecule has 11 heavy (non-hydrogen) atoms. The van der Waals surface area contributed by atoms with Gasteiger partial charge < -0.3 is 9.63 Å². The standard InChI is InChI=1S/C3H4ClO6P/c4-1-2(3(5)6)10-11(7,8)9/h1H,(H,5,6)(H2,7,8,9)/b2-1-. The van der Waals surface area contributed by atoms with Gasteiger partial charge in [0.2, 0.25) is 5.76 Å². The SMILES string of the molecule is O=C(O)/C(=C/Cl)OP(=O)(O)O. The van der Waals surface area contributed by atoms with Crippen molar-refractivity contribution in [2.45, 2.75) is 0 Å². The zero-order chi connectivity index (χ0) is 9.07. The summed E-state index contributed by atoms with van der Waals surface area (Å²) in [4.78, 5) is 26.2. The molecule has 0 atom stereocenters. The van der Waals surface area contributed by atoms with Gasteiger partial charge in [-0.25, -0.2) is 9.36 Å². The predicted molar refractivity (Wildman–Crippen MR) is 34.7 cm³/mol. The van der Waals surface area contributed by atoms with Crippen LogP contribution in [0.3, 0.4) is 0 Å². The predicted octanol–water partition coefficient (Wildman–Crippen LogP) is 0.261. The van der Waals surface area contributed by atoms with Crippen molar-refractivity contribution in [3.8, 4) is 0 Å². The van der Waals surface area contributed by atoms with E-state index in [0.717, 1.165) is 0 Å². The summed E-state index contributed by atoms with van der Waals surface area (Å²) in [7, 11) is -4.83. The van der Waals surface area contributed by atoms with E-state index in [1.54, 1.807) is 0 Å². The highest BCUT2D eigenvalue weighted by Gasteiger charge is 2.21. The van der Waals surface area contributed by atoms with E-state index in [-0.39, 0.29) is 0 Å². The third kappa shape index (κ3) is 4.80. The molecule has 0 bridgehead atoms. The lowest BCUT2D eigenvalue weighted by Gasteiger charge is -2.04. The molecule has 0 fully saturated rings. The normalized spacial score (nSPS) is 12.8. The van der Waals surface area contributed by atoms with Gasteiger partial charge in [-0.05, 0) is 0 Å². The van der Waals surface area contributed by atoms with E-state index in [4.69, 9.17) is 26.5 Å². The number of hydrogen-bond donors (Lipinski definition) is 3. The first-order valence-electron chi connectivity index (χ1n) is 2.15. The molecule has 8 heteroatoms. The maximum atomic E-state index is 10.0. The number of phosphoric ester groups is 1. The average molecular weight is 202 g/mol. The Morgan fingerprint density at radius 1 is 1.55 bits per heavy atom. The largest absolute Gasteiger partial charge is 0.525 e. The summed E-state index contributed by atoms with van der Waals surface area (Å²) in [6.07, 6.45) is 0. The fraction of sp³-hybridized carbons (Fsp3) is 0. The van der Waals surface area contributed by atoms with Crippen LogP contribution in [0.5, 0.6) is 0 Å². The van der Waals surface area contributed by atoms with E-state index in [1.807, 2.05) is 0 Å². The molecule has 3 N–H and O–H groups in total. The second-order valence-electron chi connectivity index (χ2n) is 1.36. The van der Waals surface area contributed by atoms with Gasteiger partial charge in [0, 0.05) is 0 Å². The third-order valence-electron chi connectivity index (χ3n) is 0.527. The van der Waals surface area contributed by atoms with Crippen molar-refractivity contribution < 1.29 is 28.8 Å². The Morgan fingerprint density at radius 2 is 2.00 bits per heavy atom. The van der Waals surface area contributed by atoms with Crippen LogP contribution in [0, 0.1) is 0 Å². The number of hydrogen-bond acceptors (Lipinski definition) is 3. The first-order chi connectivity index (χ1) is 4.87. The topological polar surface area (TPSA) is 104 Å². The molecule has 0 heterocycles. The third-order valence-corrected chi connectivity index (χ3v) is 1.16. The number of carboxylic acids is 1. The van der Waals surface area contributed by atoms with Crippen molar-refractivity contribution in [3.05, 3.63) is 11.3 Å². The van der Waals surface area contributed by atoms with Crippen LogP contribution in [-0.4, -0.2) is 20.9 Å². The van der Waals surface area contributed by atoms with Crippen LogP contribution in [0.2, 0.25) is 0 Å². The fourth-order valence-corrected chi connectivity index (χ4v) is 0.821. The smallest absolute Gasteiger partial charge is 0.475 e. The molecule has 0 aliphatic rings. The molecule has 0 aliphatic carbocycles. The maximum absolute atomic E-state index is 10.0. The molecule has 0 aromatic heterocycles. The van der Waals surface area contributed by atoms with Crippen LogP contribution < -0.4 is 0 Å². The van der Waals surface area contributed by atoms with Gasteiger partial charge in [-0.15, -0.1) is 0 Å². The minimum atomic E-state index is -4.83. The molecule has 0 aromatic rings. The Labute approximate surface area is 66.3 Å². The molecule has 0 aromatic carbocycles. The molecule has 0 saturated carbocycles. The van der Waals surface area contributed by atoms with Crippen molar-refractivity contribution >= 4 is 25.4 Å². The molecule has 0 spiro atoms. The number of carbonyl (C=O) groups is 1. The highest BCUT2D eigenvalue weighted by Crippen LogP contribution is 2.38. The minimum Gasteiger partial charge on any atom is -0.475 e. The fourth-order valence-electron chi connectivity index (χ4n) is 0.234. The molecule has 0 amide bonds. The van der Waals surface area contributed by atoms with Crippen LogP contribution in [0.1, 0.15) is 0 Å². The van der Waals surface area contributed by atoms with Gasteiger partial charge in [0.25, 0.3) is 0 Å². The van der Waals surface area contributed by atoms with Crippen molar-refractivity contribution in [2.24, 2.45) is 0 Å². The first kappa shape index (κ1) is 10.4. The summed E-state index contributed by atoms with van der Waals surface area (Å²) in [6, 6.07) is 0. The van der Waals surface area contributed by atoms with Crippen LogP contribution in [-0.2, 0) is 13.9 Å². The average Bonchev–Trinajstić information content (AvgIpc) is 1.80. The lowest BCUT2D eigenvalue weighted by Crippen LogP contribution is -2.02. The van der Waals surface area contributed by atoms with E-state index in [9.17, 15) is 9.36 Å². The van der Waals surface area contributed by atoms with Crippen LogP contribution in [0.4, 0.5) is 0 Å². The van der Waals surface area contributed by atoms with Crippen molar-refractivity contribution in [2.75, 3.05) is 0 Å². The molecule has 64 valence electrons. The summed E-state index contributed by atoms with van der Waals surface area (Å²) in [6.45, 7) is 0. The lowest BCUT2D eigenvalue weighted by molar-refractivity contribution is -0.135. The Morgan fingerprint density at radius 3 is 2.09 bits per heavy atom. The van der Waals surface area contributed by atoms with Crippen molar-refractivity contribution in [1.82, 2.24) is 0 Å². The number of phosphoric acid groups is 1.